The first-order valence-electron chi connectivity index (χ1n) is 14.1. The van der Waals surface area contributed by atoms with Crippen LogP contribution in [0.1, 0.15) is 76.7 Å². The molecule has 0 bridgehead atoms. The Labute approximate surface area is 240 Å². The monoisotopic (exact) mass is 595 g/mol. The number of amides is 1. The number of carbonyl (C=O) groups is 1. The van der Waals surface area contributed by atoms with Crippen LogP contribution >= 0.6 is 23.2 Å². The SMILES string of the molecule is CCC(C1CCCCC1)N(C(=O)C1CC1)c1c(F)cc(C2(S(=O)(=O)c3ccc(Cl)cc3)CCOCC2)cc1Cl. The third-order valence-electron chi connectivity index (χ3n) is 8.83. The summed E-state index contributed by atoms with van der Waals surface area (Å²) in [7, 11) is -3.96. The van der Waals surface area contributed by atoms with Gasteiger partial charge in [0.05, 0.1) is 15.6 Å². The van der Waals surface area contributed by atoms with Crippen molar-refractivity contribution in [2.45, 2.75) is 86.8 Å². The van der Waals surface area contributed by atoms with Gasteiger partial charge in [-0.1, -0.05) is 49.4 Å². The number of halogens is 3. The van der Waals surface area contributed by atoms with Crippen LogP contribution in [0.5, 0.6) is 0 Å². The van der Waals surface area contributed by atoms with Crippen molar-refractivity contribution in [3.05, 3.63) is 57.8 Å². The van der Waals surface area contributed by atoms with Gasteiger partial charge in [-0.2, -0.15) is 0 Å². The van der Waals surface area contributed by atoms with E-state index in [0.717, 1.165) is 38.5 Å². The number of nitrogens with zero attached hydrogens (tertiary/aromatic N) is 1. The number of anilines is 1. The molecule has 0 spiro atoms. The number of sulfone groups is 1. The van der Waals surface area contributed by atoms with Crippen molar-refractivity contribution in [3.63, 3.8) is 0 Å². The van der Waals surface area contributed by atoms with Crippen molar-refractivity contribution in [1.29, 1.82) is 0 Å². The van der Waals surface area contributed by atoms with Gasteiger partial charge in [-0.3, -0.25) is 4.79 Å². The molecule has 1 atom stereocenters. The van der Waals surface area contributed by atoms with Crippen LogP contribution in [-0.2, 0) is 24.1 Å². The molecule has 1 saturated heterocycles. The van der Waals surface area contributed by atoms with E-state index in [2.05, 4.69) is 0 Å². The molecule has 3 fully saturated rings. The number of ether oxygens (including phenoxy) is 1. The molecule has 0 N–H and O–H groups in total. The standard InChI is InChI=1S/C30H36Cl2FNO4S/c1-2-27(20-6-4-3-5-7-20)34(29(35)21-8-9-21)28-25(32)18-22(19-26(28)33)30(14-16-38-17-15-30)39(36,37)24-12-10-23(31)11-13-24/h10-13,18-21,27H,2-9,14-17H2,1H3. The number of rotatable bonds is 8. The number of hydrogen-bond acceptors (Lipinski definition) is 4. The van der Waals surface area contributed by atoms with Crippen LogP contribution in [0, 0.1) is 17.7 Å². The van der Waals surface area contributed by atoms with E-state index < -0.39 is 20.4 Å². The van der Waals surface area contributed by atoms with E-state index in [4.69, 9.17) is 27.9 Å². The molecular weight excluding hydrogens is 560 g/mol. The van der Waals surface area contributed by atoms with E-state index >= 15 is 4.39 Å². The van der Waals surface area contributed by atoms with Gasteiger partial charge in [-0.15, -0.1) is 0 Å². The minimum absolute atomic E-state index is 0.0736. The molecule has 2 saturated carbocycles. The van der Waals surface area contributed by atoms with Crippen molar-refractivity contribution >= 4 is 44.6 Å². The topological polar surface area (TPSA) is 63.7 Å². The minimum Gasteiger partial charge on any atom is -0.381 e. The maximum Gasteiger partial charge on any atom is 0.230 e. The van der Waals surface area contributed by atoms with Crippen LogP contribution in [0.25, 0.3) is 0 Å². The minimum atomic E-state index is -3.96. The Bertz CT molecular complexity index is 1280. The normalized spacial score (nSPS) is 20.9. The summed E-state index contributed by atoms with van der Waals surface area (Å²) in [6.45, 7) is 2.49. The van der Waals surface area contributed by atoms with Gasteiger partial charge in [0.1, 0.15) is 10.6 Å². The Balaban J connectivity index is 1.60. The summed E-state index contributed by atoms with van der Waals surface area (Å²) in [4.78, 5) is 15.4. The van der Waals surface area contributed by atoms with Crippen LogP contribution < -0.4 is 4.90 Å². The first-order valence-corrected chi connectivity index (χ1v) is 16.3. The molecule has 3 aliphatic rings. The molecule has 2 aliphatic carbocycles. The van der Waals surface area contributed by atoms with E-state index in [1.807, 2.05) is 6.92 Å². The number of carbonyl (C=O) groups excluding carboxylic acids is 1. The maximum atomic E-state index is 16.3. The third-order valence-corrected chi connectivity index (χ3v) is 11.9. The van der Waals surface area contributed by atoms with E-state index in [9.17, 15) is 13.2 Å². The highest BCUT2D eigenvalue weighted by Gasteiger charge is 2.49. The van der Waals surface area contributed by atoms with E-state index in [-0.39, 0.29) is 71.0 Å². The van der Waals surface area contributed by atoms with Gasteiger partial charge < -0.3 is 9.64 Å². The molecule has 1 aliphatic heterocycles. The highest BCUT2D eigenvalue weighted by Crippen LogP contribution is 2.48. The Morgan fingerprint density at radius 2 is 1.69 bits per heavy atom. The van der Waals surface area contributed by atoms with Gasteiger partial charge in [0.25, 0.3) is 0 Å². The number of hydrogen-bond donors (Lipinski definition) is 0. The van der Waals surface area contributed by atoms with Gasteiger partial charge in [-0.05, 0) is 92.8 Å². The van der Waals surface area contributed by atoms with Gasteiger partial charge >= 0.3 is 0 Å². The summed E-state index contributed by atoms with van der Waals surface area (Å²) in [6.07, 6.45) is 8.04. The van der Waals surface area contributed by atoms with Crippen molar-refractivity contribution < 1.29 is 22.3 Å². The smallest absolute Gasteiger partial charge is 0.230 e. The van der Waals surface area contributed by atoms with Crippen molar-refractivity contribution in [1.82, 2.24) is 0 Å². The molecule has 212 valence electrons. The van der Waals surface area contributed by atoms with E-state index in [1.54, 1.807) is 11.0 Å². The second-order valence-corrected chi connectivity index (χ2v) is 14.3. The largest absolute Gasteiger partial charge is 0.381 e. The zero-order valence-corrected chi connectivity index (χ0v) is 24.6. The molecule has 0 radical (unpaired) electrons. The maximum absolute atomic E-state index is 16.3. The van der Waals surface area contributed by atoms with Crippen molar-refractivity contribution in [2.24, 2.45) is 11.8 Å². The highest BCUT2D eigenvalue weighted by molar-refractivity contribution is 7.92. The quantitative estimate of drug-likeness (QED) is 0.313. The predicted molar refractivity (Wildman–Crippen MR) is 153 cm³/mol. The van der Waals surface area contributed by atoms with Crippen LogP contribution in [0.15, 0.2) is 41.3 Å². The first kappa shape index (κ1) is 28.8. The lowest BCUT2D eigenvalue weighted by molar-refractivity contribution is -0.120. The molecule has 1 amide bonds. The summed E-state index contributed by atoms with van der Waals surface area (Å²) in [5, 5.41) is 0.503. The fraction of sp³-hybridized carbons (Fsp3) is 0.567. The molecule has 5 nitrogen and oxygen atoms in total. The van der Waals surface area contributed by atoms with E-state index in [1.165, 1.54) is 36.8 Å². The molecule has 1 unspecified atom stereocenters. The lowest BCUT2D eigenvalue weighted by Crippen LogP contribution is -2.47. The van der Waals surface area contributed by atoms with Crippen molar-refractivity contribution in [3.8, 4) is 0 Å². The molecular formula is C30H36Cl2FNO4S. The summed E-state index contributed by atoms with van der Waals surface area (Å²) in [5.74, 6) is -0.549. The van der Waals surface area contributed by atoms with Crippen molar-refractivity contribution in [2.75, 3.05) is 18.1 Å². The molecule has 0 aromatic heterocycles. The Hall–Kier alpha value is -1.67. The highest BCUT2D eigenvalue weighted by atomic mass is 35.5. The summed E-state index contributed by atoms with van der Waals surface area (Å²) >= 11 is 12.9. The van der Waals surface area contributed by atoms with Gasteiger partial charge in [0.2, 0.25) is 5.91 Å². The average Bonchev–Trinajstić information content (AvgIpc) is 3.79. The first-order chi connectivity index (χ1) is 18.7. The fourth-order valence-electron chi connectivity index (χ4n) is 6.52. The Kier molecular flexibility index (Phi) is 8.63. The molecule has 2 aromatic rings. The summed E-state index contributed by atoms with van der Waals surface area (Å²) < 4.78 is 48.6. The Morgan fingerprint density at radius 1 is 1.05 bits per heavy atom. The second kappa shape index (κ2) is 11.7. The van der Waals surface area contributed by atoms with Crippen LogP contribution in [-0.4, -0.2) is 33.6 Å². The van der Waals surface area contributed by atoms with Gasteiger partial charge in [0.15, 0.2) is 9.84 Å². The molecule has 39 heavy (non-hydrogen) atoms. The zero-order valence-electron chi connectivity index (χ0n) is 22.3. The lowest BCUT2D eigenvalue weighted by Gasteiger charge is -2.40. The predicted octanol–water partition coefficient (Wildman–Crippen LogP) is 7.71. The summed E-state index contributed by atoms with van der Waals surface area (Å²) in [6, 6.07) is 8.75. The third kappa shape index (κ3) is 5.49. The van der Waals surface area contributed by atoms with Crippen LogP contribution in [0.3, 0.4) is 0 Å². The lowest BCUT2D eigenvalue weighted by atomic mass is 9.81. The second-order valence-electron chi connectivity index (χ2n) is 11.2. The molecule has 5 rings (SSSR count). The number of benzene rings is 2. The zero-order chi connectivity index (χ0) is 27.8. The summed E-state index contributed by atoms with van der Waals surface area (Å²) in [5.41, 5.74) is 0.373. The average molecular weight is 597 g/mol. The van der Waals surface area contributed by atoms with Crippen LogP contribution in [0.4, 0.5) is 10.1 Å². The fourth-order valence-corrected chi connectivity index (χ4v) is 9.03. The van der Waals surface area contributed by atoms with Gasteiger partial charge in [-0.25, -0.2) is 12.8 Å². The molecule has 2 aromatic carbocycles. The Morgan fingerprint density at radius 3 is 2.26 bits per heavy atom. The van der Waals surface area contributed by atoms with Gasteiger partial charge in [0, 0.05) is 30.2 Å². The molecule has 9 heteroatoms. The molecule has 1 heterocycles. The van der Waals surface area contributed by atoms with E-state index in [0.29, 0.717) is 11.4 Å². The van der Waals surface area contributed by atoms with Crippen LogP contribution in [0.2, 0.25) is 10.0 Å².